The molecule has 0 spiro atoms. The molecule has 0 aromatic heterocycles. The average Bonchev–Trinajstić information content (AvgIpc) is 3.39. The summed E-state index contributed by atoms with van der Waals surface area (Å²) in [5.74, 6) is -1.04. The van der Waals surface area contributed by atoms with Crippen molar-refractivity contribution in [2.75, 3.05) is 31.5 Å². The topological polar surface area (TPSA) is 72.9 Å². The summed E-state index contributed by atoms with van der Waals surface area (Å²) in [5.41, 5.74) is 0.440. The van der Waals surface area contributed by atoms with E-state index >= 15 is 0 Å². The Bertz CT molecular complexity index is 642. The van der Waals surface area contributed by atoms with E-state index in [4.69, 9.17) is 0 Å². The first-order valence-corrected chi connectivity index (χ1v) is 8.73. The monoisotopic (exact) mass is 349 g/mol. The minimum absolute atomic E-state index is 0.184. The Morgan fingerprint density at radius 1 is 1.20 bits per heavy atom. The van der Waals surface area contributed by atoms with Crippen molar-refractivity contribution < 1.29 is 19.1 Å². The van der Waals surface area contributed by atoms with Gasteiger partial charge in [0, 0.05) is 31.9 Å². The number of carboxylic acid groups (broad SMARTS) is 1. The molecule has 1 heterocycles. The smallest absolute Gasteiger partial charge is 0.321 e. The Hall–Kier alpha value is -1.99. The minimum Gasteiger partial charge on any atom is -0.480 e. The third-order valence-electron chi connectivity index (χ3n) is 5.08. The van der Waals surface area contributed by atoms with Crippen LogP contribution in [0.2, 0.25) is 0 Å². The average molecular weight is 349 g/mol. The maximum absolute atomic E-state index is 13.2. The highest BCUT2D eigenvalue weighted by Gasteiger charge is 2.41. The lowest BCUT2D eigenvalue weighted by Crippen LogP contribution is -2.56. The summed E-state index contributed by atoms with van der Waals surface area (Å²) in [6.45, 7) is 4.40. The molecular formula is C18H24FN3O3. The number of rotatable bonds is 6. The summed E-state index contributed by atoms with van der Waals surface area (Å²) in [6.07, 6.45) is 1.98. The van der Waals surface area contributed by atoms with Gasteiger partial charge in [-0.15, -0.1) is 0 Å². The van der Waals surface area contributed by atoms with Crippen molar-refractivity contribution in [1.29, 1.82) is 0 Å². The fourth-order valence-electron chi connectivity index (χ4n) is 3.45. The molecule has 2 fully saturated rings. The number of piperazine rings is 1. The van der Waals surface area contributed by atoms with Crippen LogP contribution in [0.4, 0.5) is 10.1 Å². The van der Waals surface area contributed by atoms with Crippen LogP contribution >= 0.6 is 0 Å². The van der Waals surface area contributed by atoms with E-state index in [9.17, 15) is 19.1 Å². The number of anilines is 1. The molecule has 2 unspecified atom stereocenters. The van der Waals surface area contributed by atoms with E-state index in [2.05, 4.69) is 5.32 Å². The SMILES string of the molecule is CC(C(=O)Nc1cccc(F)c1)N1CCN(C(C(=O)O)C2CC2)CC1. The molecule has 2 N–H and O–H groups in total. The van der Waals surface area contributed by atoms with Crippen molar-refractivity contribution in [3.05, 3.63) is 30.1 Å². The van der Waals surface area contributed by atoms with Crippen molar-refractivity contribution in [2.45, 2.75) is 31.8 Å². The number of benzene rings is 1. The molecule has 0 bridgehead atoms. The standard InChI is InChI=1S/C18H24FN3O3/c1-12(17(23)20-15-4-2-3-14(19)11-15)21-7-9-22(10-8-21)16(18(24)25)13-5-6-13/h2-4,11-13,16H,5-10H2,1H3,(H,20,23)(H,24,25). The Kier molecular flexibility index (Phi) is 5.34. The van der Waals surface area contributed by atoms with E-state index in [0.29, 0.717) is 31.9 Å². The Morgan fingerprint density at radius 3 is 2.40 bits per heavy atom. The van der Waals surface area contributed by atoms with Gasteiger partial charge in [0.05, 0.1) is 6.04 Å². The summed E-state index contributed by atoms with van der Waals surface area (Å²) < 4.78 is 13.2. The number of amides is 1. The molecule has 1 aromatic carbocycles. The molecule has 25 heavy (non-hydrogen) atoms. The van der Waals surface area contributed by atoms with Crippen LogP contribution in [0.3, 0.4) is 0 Å². The van der Waals surface area contributed by atoms with Crippen LogP contribution in [0.15, 0.2) is 24.3 Å². The maximum atomic E-state index is 13.2. The van der Waals surface area contributed by atoms with E-state index in [1.807, 2.05) is 16.7 Å². The van der Waals surface area contributed by atoms with Crippen molar-refractivity contribution in [3.63, 3.8) is 0 Å². The summed E-state index contributed by atoms with van der Waals surface area (Å²) in [6, 6.07) is 5.08. The van der Waals surface area contributed by atoms with Crippen LogP contribution < -0.4 is 5.32 Å². The van der Waals surface area contributed by atoms with Gasteiger partial charge in [0.15, 0.2) is 0 Å². The molecule has 7 heteroatoms. The van der Waals surface area contributed by atoms with Gasteiger partial charge in [-0.3, -0.25) is 19.4 Å². The van der Waals surface area contributed by atoms with Gasteiger partial charge in [0.25, 0.3) is 0 Å². The highest BCUT2D eigenvalue weighted by atomic mass is 19.1. The molecule has 1 amide bonds. The lowest BCUT2D eigenvalue weighted by atomic mass is 10.1. The number of carbonyl (C=O) groups excluding carboxylic acids is 1. The number of carbonyl (C=O) groups is 2. The van der Waals surface area contributed by atoms with Gasteiger partial charge in [-0.25, -0.2) is 4.39 Å². The molecule has 1 saturated heterocycles. The number of carboxylic acids is 1. The lowest BCUT2D eigenvalue weighted by Gasteiger charge is -2.39. The molecule has 6 nitrogen and oxygen atoms in total. The molecule has 136 valence electrons. The lowest BCUT2D eigenvalue weighted by molar-refractivity contribution is -0.145. The van der Waals surface area contributed by atoms with Gasteiger partial charge >= 0.3 is 5.97 Å². The van der Waals surface area contributed by atoms with Crippen molar-refractivity contribution in [2.24, 2.45) is 5.92 Å². The van der Waals surface area contributed by atoms with E-state index in [-0.39, 0.29) is 23.7 Å². The fraction of sp³-hybridized carbons (Fsp3) is 0.556. The maximum Gasteiger partial charge on any atom is 0.321 e. The number of aliphatic carboxylic acids is 1. The van der Waals surface area contributed by atoms with Crippen LogP contribution in [0.1, 0.15) is 19.8 Å². The van der Waals surface area contributed by atoms with Crippen molar-refractivity contribution >= 4 is 17.6 Å². The Labute approximate surface area is 146 Å². The summed E-state index contributed by atoms with van der Waals surface area (Å²) in [4.78, 5) is 27.9. The molecule has 1 saturated carbocycles. The molecular weight excluding hydrogens is 325 g/mol. The second-order valence-corrected chi connectivity index (χ2v) is 6.87. The van der Waals surface area contributed by atoms with E-state index < -0.39 is 12.0 Å². The molecule has 2 atom stereocenters. The molecule has 2 aliphatic rings. The van der Waals surface area contributed by atoms with Gasteiger partial charge in [0.2, 0.25) is 5.91 Å². The van der Waals surface area contributed by atoms with Crippen LogP contribution in [0, 0.1) is 11.7 Å². The Morgan fingerprint density at radius 2 is 1.84 bits per heavy atom. The second-order valence-electron chi connectivity index (χ2n) is 6.87. The van der Waals surface area contributed by atoms with E-state index in [1.165, 1.54) is 12.1 Å². The van der Waals surface area contributed by atoms with Crippen LogP contribution in [-0.2, 0) is 9.59 Å². The normalized spacial score (nSPS) is 21.5. The summed E-state index contributed by atoms with van der Waals surface area (Å²) in [5, 5.41) is 12.2. The third kappa shape index (κ3) is 4.35. The van der Waals surface area contributed by atoms with Gasteiger partial charge < -0.3 is 10.4 Å². The Balaban J connectivity index is 1.53. The first kappa shape index (κ1) is 17.8. The second kappa shape index (κ2) is 7.49. The number of hydrogen-bond donors (Lipinski definition) is 2. The zero-order valence-corrected chi connectivity index (χ0v) is 14.3. The van der Waals surface area contributed by atoms with E-state index in [0.717, 1.165) is 12.8 Å². The van der Waals surface area contributed by atoms with Crippen molar-refractivity contribution in [1.82, 2.24) is 9.80 Å². The zero-order chi connectivity index (χ0) is 18.0. The van der Waals surface area contributed by atoms with Gasteiger partial charge in [-0.05, 0) is 43.9 Å². The third-order valence-corrected chi connectivity index (χ3v) is 5.08. The van der Waals surface area contributed by atoms with Crippen LogP contribution in [0.25, 0.3) is 0 Å². The number of hydrogen-bond acceptors (Lipinski definition) is 4. The quantitative estimate of drug-likeness (QED) is 0.817. The molecule has 0 radical (unpaired) electrons. The molecule has 1 aliphatic carbocycles. The zero-order valence-electron chi connectivity index (χ0n) is 14.3. The van der Waals surface area contributed by atoms with Gasteiger partial charge in [-0.1, -0.05) is 6.07 Å². The van der Waals surface area contributed by atoms with Crippen molar-refractivity contribution in [3.8, 4) is 0 Å². The predicted molar refractivity (Wildman–Crippen MR) is 91.8 cm³/mol. The van der Waals surface area contributed by atoms with Gasteiger partial charge in [-0.2, -0.15) is 0 Å². The summed E-state index contributed by atoms with van der Waals surface area (Å²) in [7, 11) is 0. The highest BCUT2D eigenvalue weighted by molar-refractivity contribution is 5.94. The van der Waals surface area contributed by atoms with Crippen LogP contribution in [-0.4, -0.2) is 65.0 Å². The van der Waals surface area contributed by atoms with Gasteiger partial charge in [0.1, 0.15) is 11.9 Å². The number of nitrogens with one attached hydrogen (secondary N) is 1. The highest BCUT2D eigenvalue weighted by Crippen LogP contribution is 2.36. The minimum atomic E-state index is -0.743. The molecule has 3 rings (SSSR count). The largest absolute Gasteiger partial charge is 0.480 e. The summed E-state index contributed by atoms with van der Waals surface area (Å²) >= 11 is 0. The molecule has 1 aliphatic heterocycles. The fourth-order valence-corrected chi connectivity index (χ4v) is 3.45. The molecule has 1 aromatic rings. The number of nitrogens with zero attached hydrogens (tertiary/aromatic N) is 2. The predicted octanol–water partition coefficient (Wildman–Crippen LogP) is 1.63. The number of halogens is 1. The van der Waals surface area contributed by atoms with Crippen LogP contribution in [0.5, 0.6) is 0 Å². The first-order valence-electron chi connectivity index (χ1n) is 8.73. The first-order chi connectivity index (χ1) is 12.0. The van der Waals surface area contributed by atoms with E-state index in [1.54, 1.807) is 12.1 Å².